The van der Waals surface area contributed by atoms with Crippen LogP contribution >= 0.6 is 0 Å². The Bertz CT molecular complexity index is 809. The molecule has 0 spiro atoms. The minimum absolute atomic E-state index is 0.160. The molecule has 0 fully saturated rings. The molecule has 0 saturated heterocycles. The SMILES string of the molecule is CCc1ccc(NC(=O)C(C)(C)C(=O)N2CCCc3ccccc32)cc1. The highest BCUT2D eigenvalue weighted by atomic mass is 16.2. The van der Waals surface area contributed by atoms with Crippen molar-refractivity contribution in [1.29, 1.82) is 0 Å². The van der Waals surface area contributed by atoms with Gasteiger partial charge in [-0.3, -0.25) is 9.59 Å². The van der Waals surface area contributed by atoms with Gasteiger partial charge in [-0.15, -0.1) is 0 Å². The first-order valence-electron chi connectivity index (χ1n) is 9.23. The van der Waals surface area contributed by atoms with Crippen molar-refractivity contribution in [2.75, 3.05) is 16.8 Å². The number of fused-ring (bicyclic) bond motifs is 1. The van der Waals surface area contributed by atoms with Gasteiger partial charge >= 0.3 is 0 Å². The van der Waals surface area contributed by atoms with Gasteiger partial charge in [0, 0.05) is 17.9 Å². The number of amides is 2. The first-order chi connectivity index (χ1) is 12.4. The molecule has 2 aromatic rings. The van der Waals surface area contributed by atoms with Crippen LogP contribution in [0.15, 0.2) is 48.5 Å². The molecule has 0 unspecified atom stereocenters. The molecule has 0 aliphatic carbocycles. The standard InChI is InChI=1S/C22H26N2O2/c1-4-16-11-13-18(14-12-16)23-20(25)22(2,3)21(26)24-15-7-9-17-8-5-6-10-19(17)24/h5-6,8,10-14H,4,7,9,15H2,1-3H3,(H,23,25). The number of carbonyl (C=O) groups excluding carboxylic acids is 2. The second-order valence-corrected chi connectivity index (χ2v) is 7.32. The van der Waals surface area contributed by atoms with Crippen LogP contribution in [0.2, 0.25) is 0 Å². The third kappa shape index (κ3) is 3.50. The van der Waals surface area contributed by atoms with Crippen LogP contribution in [0.4, 0.5) is 11.4 Å². The number of para-hydroxylation sites is 1. The van der Waals surface area contributed by atoms with E-state index in [0.29, 0.717) is 12.2 Å². The molecule has 4 nitrogen and oxygen atoms in total. The summed E-state index contributed by atoms with van der Waals surface area (Å²) in [4.78, 5) is 27.8. The molecule has 0 bridgehead atoms. The number of nitrogens with zero attached hydrogens (tertiary/aromatic N) is 1. The van der Waals surface area contributed by atoms with Gasteiger partial charge in [0.05, 0.1) is 0 Å². The summed E-state index contributed by atoms with van der Waals surface area (Å²) in [5.74, 6) is -0.442. The minimum atomic E-state index is -1.14. The summed E-state index contributed by atoms with van der Waals surface area (Å²) in [6.45, 7) is 6.13. The molecule has 136 valence electrons. The van der Waals surface area contributed by atoms with Crippen molar-refractivity contribution in [3.63, 3.8) is 0 Å². The topological polar surface area (TPSA) is 49.4 Å². The lowest BCUT2D eigenvalue weighted by Gasteiger charge is -2.35. The molecule has 0 saturated carbocycles. The predicted octanol–water partition coefficient (Wildman–Crippen LogP) is 4.19. The van der Waals surface area contributed by atoms with Crippen molar-refractivity contribution in [3.8, 4) is 0 Å². The molecule has 1 N–H and O–H groups in total. The minimum Gasteiger partial charge on any atom is -0.325 e. The van der Waals surface area contributed by atoms with Gasteiger partial charge < -0.3 is 10.2 Å². The van der Waals surface area contributed by atoms with Crippen LogP contribution in [-0.2, 0) is 22.4 Å². The highest BCUT2D eigenvalue weighted by Gasteiger charge is 2.40. The first kappa shape index (κ1) is 18.2. The van der Waals surface area contributed by atoms with Gasteiger partial charge in [-0.05, 0) is 62.4 Å². The lowest BCUT2D eigenvalue weighted by atomic mass is 9.88. The fourth-order valence-electron chi connectivity index (χ4n) is 3.29. The lowest BCUT2D eigenvalue weighted by Crippen LogP contribution is -2.49. The molecule has 26 heavy (non-hydrogen) atoms. The van der Waals surface area contributed by atoms with E-state index in [0.717, 1.165) is 24.9 Å². The molecule has 2 aromatic carbocycles. The Hall–Kier alpha value is -2.62. The molecule has 3 rings (SSSR count). The van der Waals surface area contributed by atoms with Gasteiger partial charge in [-0.25, -0.2) is 0 Å². The van der Waals surface area contributed by atoms with Crippen molar-refractivity contribution in [3.05, 3.63) is 59.7 Å². The fourth-order valence-corrected chi connectivity index (χ4v) is 3.29. The average molecular weight is 350 g/mol. The Morgan fingerprint density at radius 1 is 1.08 bits per heavy atom. The summed E-state index contributed by atoms with van der Waals surface area (Å²) in [6, 6.07) is 15.7. The molecule has 1 aliphatic heterocycles. The van der Waals surface area contributed by atoms with E-state index in [1.807, 2.05) is 42.5 Å². The number of hydrogen-bond donors (Lipinski definition) is 1. The summed E-state index contributed by atoms with van der Waals surface area (Å²) < 4.78 is 0. The van der Waals surface area contributed by atoms with Crippen molar-refractivity contribution in [2.24, 2.45) is 5.41 Å². The second-order valence-electron chi connectivity index (χ2n) is 7.32. The summed E-state index contributed by atoms with van der Waals surface area (Å²) >= 11 is 0. The Labute approximate surface area is 155 Å². The third-order valence-corrected chi connectivity index (χ3v) is 5.08. The zero-order chi connectivity index (χ0) is 18.7. The van der Waals surface area contributed by atoms with E-state index in [4.69, 9.17) is 0 Å². The fraction of sp³-hybridized carbons (Fsp3) is 0.364. The summed E-state index contributed by atoms with van der Waals surface area (Å²) in [6.07, 6.45) is 2.84. The van der Waals surface area contributed by atoms with Crippen LogP contribution in [-0.4, -0.2) is 18.4 Å². The normalized spacial score (nSPS) is 13.9. The van der Waals surface area contributed by atoms with E-state index < -0.39 is 5.41 Å². The van der Waals surface area contributed by atoms with Crippen molar-refractivity contribution < 1.29 is 9.59 Å². The quantitative estimate of drug-likeness (QED) is 0.841. The van der Waals surface area contributed by atoms with Crippen LogP contribution in [0, 0.1) is 5.41 Å². The zero-order valence-electron chi connectivity index (χ0n) is 15.7. The van der Waals surface area contributed by atoms with Gasteiger partial charge in [0.1, 0.15) is 5.41 Å². The van der Waals surface area contributed by atoms with Crippen molar-refractivity contribution >= 4 is 23.2 Å². The van der Waals surface area contributed by atoms with Crippen LogP contribution in [0.3, 0.4) is 0 Å². The molecule has 0 radical (unpaired) electrons. The zero-order valence-corrected chi connectivity index (χ0v) is 15.7. The Morgan fingerprint density at radius 2 is 1.77 bits per heavy atom. The molecule has 1 heterocycles. The molecular weight excluding hydrogens is 324 g/mol. The van der Waals surface area contributed by atoms with Crippen LogP contribution < -0.4 is 10.2 Å². The van der Waals surface area contributed by atoms with E-state index in [1.165, 1.54) is 11.1 Å². The maximum atomic E-state index is 13.2. The highest BCUT2D eigenvalue weighted by molar-refractivity contribution is 6.15. The van der Waals surface area contributed by atoms with E-state index in [9.17, 15) is 9.59 Å². The Balaban J connectivity index is 1.78. The summed E-state index contributed by atoms with van der Waals surface area (Å²) in [5.41, 5.74) is 2.87. The summed E-state index contributed by atoms with van der Waals surface area (Å²) in [7, 11) is 0. The predicted molar refractivity (Wildman–Crippen MR) is 105 cm³/mol. The van der Waals surface area contributed by atoms with E-state index in [1.54, 1.807) is 18.7 Å². The summed E-state index contributed by atoms with van der Waals surface area (Å²) in [5, 5.41) is 2.89. The molecular formula is C22H26N2O2. The monoisotopic (exact) mass is 350 g/mol. The number of aryl methyl sites for hydroxylation is 2. The maximum absolute atomic E-state index is 13.2. The highest BCUT2D eigenvalue weighted by Crippen LogP contribution is 2.31. The number of benzene rings is 2. The number of hydrogen-bond acceptors (Lipinski definition) is 2. The first-order valence-corrected chi connectivity index (χ1v) is 9.23. The Morgan fingerprint density at radius 3 is 2.46 bits per heavy atom. The number of nitrogens with one attached hydrogen (secondary N) is 1. The van der Waals surface area contributed by atoms with Crippen molar-refractivity contribution in [1.82, 2.24) is 0 Å². The largest absolute Gasteiger partial charge is 0.325 e. The lowest BCUT2D eigenvalue weighted by molar-refractivity contribution is -0.136. The molecule has 0 atom stereocenters. The van der Waals surface area contributed by atoms with Gasteiger partial charge in [0.15, 0.2) is 0 Å². The second kappa shape index (κ2) is 7.32. The van der Waals surface area contributed by atoms with E-state index in [2.05, 4.69) is 18.3 Å². The number of anilines is 2. The number of carbonyl (C=O) groups is 2. The van der Waals surface area contributed by atoms with Gasteiger partial charge in [-0.2, -0.15) is 0 Å². The smallest absolute Gasteiger partial charge is 0.242 e. The van der Waals surface area contributed by atoms with E-state index >= 15 is 0 Å². The number of rotatable bonds is 4. The Kier molecular flexibility index (Phi) is 5.12. The third-order valence-electron chi connectivity index (χ3n) is 5.08. The molecule has 2 amide bonds. The average Bonchev–Trinajstić information content (AvgIpc) is 2.67. The van der Waals surface area contributed by atoms with Crippen LogP contribution in [0.1, 0.15) is 38.3 Å². The van der Waals surface area contributed by atoms with Gasteiger partial charge in [0.2, 0.25) is 11.8 Å². The van der Waals surface area contributed by atoms with Gasteiger partial charge in [-0.1, -0.05) is 37.3 Å². The van der Waals surface area contributed by atoms with E-state index in [-0.39, 0.29) is 11.8 Å². The van der Waals surface area contributed by atoms with Crippen LogP contribution in [0.25, 0.3) is 0 Å². The van der Waals surface area contributed by atoms with Crippen LogP contribution in [0.5, 0.6) is 0 Å². The molecule has 1 aliphatic rings. The molecule has 4 heteroatoms. The maximum Gasteiger partial charge on any atom is 0.242 e. The van der Waals surface area contributed by atoms with Crippen molar-refractivity contribution in [2.45, 2.75) is 40.0 Å². The molecule has 0 aromatic heterocycles. The van der Waals surface area contributed by atoms with Gasteiger partial charge in [0.25, 0.3) is 0 Å².